The smallest absolute Gasteiger partial charge is 0.306 e. The van der Waals surface area contributed by atoms with Crippen LogP contribution in [0.1, 0.15) is 32.8 Å². The molecule has 0 bridgehead atoms. The molecule has 4 nitrogen and oxygen atoms in total. The number of ether oxygens (including phenoxy) is 2. The molecule has 0 aliphatic carbocycles. The van der Waals surface area contributed by atoms with Crippen LogP contribution in [0.5, 0.6) is 0 Å². The summed E-state index contributed by atoms with van der Waals surface area (Å²) in [6.45, 7) is 9.17. The van der Waals surface area contributed by atoms with Gasteiger partial charge < -0.3 is 14.6 Å². The van der Waals surface area contributed by atoms with E-state index in [0.29, 0.717) is 0 Å². The summed E-state index contributed by atoms with van der Waals surface area (Å²) in [5.41, 5.74) is 0.324. The highest BCUT2D eigenvalue weighted by molar-refractivity contribution is 5.69. The number of hydrogen-bond donors (Lipinski definition) is 1. The Bertz CT molecular complexity index is 453. The van der Waals surface area contributed by atoms with E-state index in [9.17, 15) is 9.90 Å². The van der Waals surface area contributed by atoms with Crippen molar-refractivity contribution in [2.24, 2.45) is 5.92 Å². The first-order valence-corrected chi connectivity index (χ1v) is 7.04. The molecule has 0 amide bonds. The van der Waals surface area contributed by atoms with Crippen LogP contribution in [0.2, 0.25) is 0 Å². The lowest BCUT2D eigenvalue weighted by Gasteiger charge is -2.31. The van der Waals surface area contributed by atoms with Crippen LogP contribution in [0, 0.1) is 5.92 Å². The van der Waals surface area contributed by atoms with Gasteiger partial charge >= 0.3 is 5.97 Å². The predicted molar refractivity (Wildman–Crippen MR) is 81.5 cm³/mol. The van der Waals surface area contributed by atoms with Crippen molar-refractivity contribution in [1.29, 1.82) is 0 Å². The van der Waals surface area contributed by atoms with Crippen LogP contribution in [-0.2, 0) is 19.9 Å². The van der Waals surface area contributed by atoms with Gasteiger partial charge in [-0.3, -0.25) is 4.79 Å². The highest BCUT2D eigenvalue weighted by atomic mass is 16.6. The van der Waals surface area contributed by atoms with Crippen molar-refractivity contribution in [3.63, 3.8) is 0 Å². The number of benzene rings is 1. The third kappa shape index (κ3) is 5.69. The Morgan fingerprint density at radius 1 is 1.38 bits per heavy atom. The number of hydrogen-bond acceptors (Lipinski definition) is 4. The Labute approximate surface area is 126 Å². The summed E-state index contributed by atoms with van der Waals surface area (Å²) >= 11 is 0. The van der Waals surface area contributed by atoms with Crippen molar-refractivity contribution >= 4 is 5.97 Å². The van der Waals surface area contributed by atoms with Crippen molar-refractivity contribution < 1.29 is 19.4 Å². The van der Waals surface area contributed by atoms with E-state index in [1.54, 1.807) is 6.92 Å². The molecule has 0 aliphatic heterocycles. The van der Waals surface area contributed by atoms with E-state index in [2.05, 4.69) is 6.58 Å². The molecule has 0 saturated carbocycles. The minimum Gasteiger partial charge on any atom is -0.461 e. The standard InChI is InChI=1S/C17H24O4/c1-5-11-20-15(18)12-13(2)16(19)21-17(3,4)14-9-7-6-8-10-14/h5-10,13,16,19H,1,11-12H2,2-4H3/t13-,16?/m0/s1. The second-order valence-electron chi connectivity index (χ2n) is 5.54. The zero-order valence-electron chi connectivity index (χ0n) is 12.9. The molecular formula is C17H24O4. The number of carbonyl (C=O) groups excluding carboxylic acids is 1. The first kappa shape index (κ1) is 17.4. The van der Waals surface area contributed by atoms with Gasteiger partial charge in [0.2, 0.25) is 0 Å². The summed E-state index contributed by atoms with van der Waals surface area (Å²) in [7, 11) is 0. The highest BCUT2D eigenvalue weighted by Gasteiger charge is 2.28. The van der Waals surface area contributed by atoms with Gasteiger partial charge in [-0.15, -0.1) is 0 Å². The quantitative estimate of drug-likeness (QED) is 0.454. The monoisotopic (exact) mass is 292 g/mol. The molecule has 0 aromatic heterocycles. The molecule has 21 heavy (non-hydrogen) atoms. The van der Waals surface area contributed by atoms with Crippen LogP contribution < -0.4 is 0 Å². The summed E-state index contributed by atoms with van der Waals surface area (Å²) < 4.78 is 10.6. The predicted octanol–water partition coefficient (Wildman–Crippen LogP) is 3.01. The van der Waals surface area contributed by atoms with E-state index in [1.807, 2.05) is 44.2 Å². The van der Waals surface area contributed by atoms with E-state index in [0.717, 1.165) is 5.56 Å². The molecule has 4 heteroatoms. The third-order valence-corrected chi connectivity index (χ3v) is 3.22. The maximum absolute atomic E-state index is 11.5. The molecule has 1 aromatic carbocycles. The largest absolute Gasteiger partial charge is 0.461 e. The number of carbonyl (C=O) groups is 1. The fourth-order valence-corrected chi connectivity index (χ4v) is 1.90. The summed E-state index contributed by atoms with van der Waals surface area (Å²) in [4.78, 5) is 11.5. The number of esters is 1. The summed E-state index contributed by atoms with van der Waals surface area (Å²) in [5.74, 6) is -0.729. The van der Waals surface area contributed by atoms with Crippen LogP contribution >= 0.6 is 0 Å². The van der Waals surface area contributed by atoms with Gasteiger partial charge in [-0.1, -0.05) is 49.9 Å². The van der Waals surface area contributed by atoms with E-state index < -0.39 is 11.9 Å². The number of aliphatic hydroxyl groups excluding tert-OH is 1. The van der Waals surface area contributed by atoms with E-state index in [-0.39, 0.29) is 24.9 Å². The maximum atomic E-state index is 11.5. The highest BCUT2D eigenvalue weighted by Crippen LogP contribution is 2.27. The number of aliphatic hydroxyl groups is 1. The Balaban J connectivity index is 2.57. The van der Waals surface area contributed by atoms with Gasteiger partial charge in [-0.05, 0) is 19.4 Å². The van der Waals surface area contributed by atoms with Crippen molar-refractivity contribution in [2.45, 2.75) is 39.1 Å². The molecule has 0 aliphatic rings. The minimum atomic E-state index is -1.04. The minimum absolute atomic E-state index is 0.0971. The lowest BCUT2D eigenvalue weighted by Crippen LogP contribution is -2.33. The van der Waals surface area contributed by atoms with E-state index in [1.165, 1.54) is 6.08 Å². The first-order valence-electron chi connectivity index (χ1n) is 7.04. The van der Waals surface area contributed by atoms with Gasteiger partial charge in [-0.25, -0.2) is 0 Å². The molecule has 1 unspecified atom stereocenters. The lowest BCUT2D eigenvalue weighted by atomic mass is 9.97. The van der Waals surface area contributed by atoms with Crippen LogP contribution in [0.15, 0.2) is 43.0 Å². The topological polar surface area (TPSA) is 55.8 Å². The Morgan fingerprint density at radius 2 is 2.00 bits per heavy atom. The Hall–Kier alpha value is -1.65. The third-order valence-electron chi connectivity index (χ3n) is 3.22. The van der Waals surface area contributed by atoms with Gasteiger partial charge in [0.15, 0.2) is 6.29 Å². The summed E-state index contributed by atoms with van der Waals surface area (Å²) in [6.07, 6.45) is 0.560. The molecule has 0 saturated heterocycles. The van der Waals surface area contributed by atoms with Gasteiger partial charge in [0.25, 0.3) is 0 Å². The van der Waals surface area contributed by atoms with Crippen LogP contribution in [0.4, 0.5) is 0 Å². The molecule has 2 atom stereocenters. The second kappa shape index (κ2) is 7.96. The normalized spacial score (nSPS) is 14.3. The fourth-order valence-electron chi connectivity index (χ4n) is 1.90. The molecular weight excluding hydrogens is 268 g/mol. The van der Waals surface area contributed by atoms with Crippen molar-refractivity contribution in [3.8, 4) is 0 Å². The van der Waals surface area contributed by atoms with E-state index >= 15 is 0 Å². The van der Waals surface area contributed by atoms with Crippen LogP contribution in [0.3, 0.4) is 0 Å². The zero-order chi connectivity index (χ0) is 15.9. The van der Waals surface area contributed by atoms with Crippen LogP contribution in [0.25, 0.3) is 0 Å². The van der Waals surface area contributed by atoms with Crippen LogP contribution in [-0.4, -0.2) is 24.0 Å². The average Bonchev–Trinajstić information content (AvgIpc) is 2.45. The van der Waals surface area contributed by atoms with E-state index in [4.69, 9.17) is 9.47 Å². The van der Waals surface area contributed by atoms with Gasteiger partial charge in [0, 0.05) is 5.92 Å². The summed E-state index contributed by atoms with van der Waals surface area (Å²) in [5, 5.41) is 10.1. The van der Waals surface area contributed by atoms with Gasteiger partial charge in [0.1, 0.15) is 6.61 Å². The Morgan fingerprint density at radius 3 is 2.57 bits per heavy atom. The maximum Gasteiger partial charge on any atom is 0.306 e. The van der Waals surface area contributed by atoms with Gasteiger partial charge in [0.05, 0.1) is 12.0 Å². The molecule has 0 heterocycles. The molecule has 1 aromatic rings. The molecule has 1 N–H and O–H groups in total. The number of rotatable bonds is 8. The lowest BCUT2D eigenvalue weighted by molar-refractivity contribution is -0.202. The molecule has 0 fully saturated rings. The fraction of sp³-hybridized carbons (Fsp3) is 0.471. The molecule has 1 rings (SSSR count). The molecule has 116 valence electrons. The van der Waals surface area contributed by atoms with Crippen molar-refractivity contribution in [3.05, 3.63) is 48.6 Å². The molecule has 0 spiro atoms. The van der Waals surface area contributed by atoms with Gasteiger partial charge in [-0.2, -0.15) is 0 Å². The van der Waals surface area contributed by atoms with Crippen molar-refractivity contribution in [1.82, 2.24) is 0 Å². The molecule has 0 radical (unpaired) electrons. The first-order chi connectivity index (χ1) is 9.86. The van der Waals surface area contributed by atoms with Crippen molar-refractivity contribution in [2.75, 3.05) is 6.61 Å². The SMILES string of the molecule is C=CCOC(=O)C[C@H](C)C(O)OC(C)(C)c1ccccc1. The average molecular weight is 292 g/mol. The second-order valence-corrected chi connectivity index (χ2v) is 5.54. The zero-order valence-corrected chi connectivity index (χ0v) is 12.9. The Kier molecular flexibility index (Phi) is 6.59. The summed E-state index contributed by atoms with van der Waals surface area (Å²) in [6, 6.07) is 9.64.